The third kappa shape index (κ3) is 5.69. The van der Waals surface area contributed by atoms with Crippen LogP contribution in [0.15, 0.2) is 42.5 Å². The number of carbonyl (C=O) groups excluding carboxylic acids is 1. The number of amides is 1. The lowest BCUT2D eigenvalue weighted by Crippen LogP contribution is -2.44. The first-order valence-electron chi connectivity index (χ1n) is 11.7. The molecule has 3 rings (SSSR count). The van der Waals surface area contributed by atoms with E-state index in [4.69, 9.17) is 4.74 Å². The molecular weight excluding hydrogens is 436 g/mol. The van der Waals surface area contributed by atoms with Crippen LogP contribution in [0.1, 0.15) is 68.7 Å². The second kappa shape index (κ2) is 10.2. The van der Waals surface area contributed by atoms with E-state index in [-0.39, 0.29) is 30.5 Å². The van der Waals surface area contributed by atoms with Crippen molar-refractivity contribution >= 4 is 21.6 Å². The molecule has 0 saturated carbocycles. The zero-order chi connectivity index (χ0) is 24.2. The van der Waals surface area contributed by atoms with Gasteiger partial charge in [-0.3, -0.25) is 9.10 Å². The number of aryl methyl sites for hydroxylation is 1. The van der Waals surface area contributed by atoms with E-state index in [1.165, 1.54) is 10.6 Å². The molecule has 1 atom stereocenters. The number of carbonyl (C=O) groups is 1. The summed E-state index contributed by atoms with van der Waals surface area (Å²) in [5.74, 6) is 0.753. The molecule has 1 aliphatic rings. The summed E-state index contributed by atoms with van der Waals surface area (Å²) in [7, 11) is -3.46. The summed E-state index contributed by atoms with van der Waals surface area (Å²) in [4.78, 5) is 12.9. The average Bonchev–Trinajstić information content (AvgIpc) is 2.78. The standard InChI is InChI=1S/C26H36N2O4S/c1-6-26(7-2)18-22(21-13-8-9-15-24(21)32-26)27-25(29)16-11-17-28(33(5,30)31)23-14-10-12-19(3)20(23)4/h8-10,12-15,22H,6-7,11,16-18H2,1-5H3,(H,27,29). The summed E-state index contributed by atoms with van der Waals surface area (Å²) in [6, 6.07) is 13.4. The van der Waals surface area contributed by atoms with E-state index < -0.39 is 10.0 Å². The van der Waals surface area contributed by atoms with Gasteiger partial charge in [-0.15, -0.1) is 0 Å². The number of rotatable bonds is 9. The van der Waals surface area contributed by atoms with Crippen molar-refractivity contribution in [3.63, 3.8) is 0 Å². The topological polar surface area (TPSA) is 75.7 Å². The molecule has 1 heterocycles. The predicted molar refractivity (Wildman–Crippen MR) is 133 cm³/mol. The Morgan fingerprint density at radius 3 is 2.48 bits per heavy atom. The number of hydrogen-bond acceptors (Lipinski definition) is 4. The van der Waals surface area contributed by atoms with Gasteiger partial charge in [0.1, 0.15) is 11.4 Å². The quantitative estimate of drug-likeness (QED) is 0.554. The lowest BCUT2D eigenvalue weighted by atomic mass is 9.83. The van der Waals surface area contributed by atoms with Gasteiger partial charge in [-0.2, -0.15) is 0 Å². The predicted octanol–water partition coefficient (Wildman–Crippen LogP) is 5.05. The van der Waals surface area contributed by atoms with E-state index in [1.807, 2.05) is 56.3 Å². The summed E-state index contributed by atoms with van der Waals surface area (Å²) in [5, 5.41) is 3.18. The van der Waals surface area contributed by atoms with Gasteiger partial charge in [0.2, 0.25) is 15.9 Å². The normalized spacial score (nSPS) is 17.1. The van der Waals surface area contributed by atoms with Crippen molar-refractivity contribution in [3.8, 4) is 5.75 Å². The van der Waals surface area contributed by atoms with Crippen molar-refractivity contribution in [2.24, 2.45) is 0 Å². The number of anilines is 1. The number of ether oxygens (including phenoxy) is 1. The number of hydrogen-bond donors (Lipinski definition) is 1. The SMILES string of the molecule is CCC1(CC)CC(NC(=O)CCCN(c2cccc(C)c2C)S(C)(=O)=O)c2ccccc2O1. The van der Waals surface area contributed by atoms with Gasteiger partial charge in [-0.1, -0.05) is 44.2 Å². The van der Waals surface area contributed by atoms with Crippen LogP contribution in [-0.2, 0) is 14.8 Å². The van der Waals surface area contributed by atoms with Crippen molar-refractivity contribution in [3.05, 3.63) is 59.2 Å². The Balaban J connectivity index is 1.69. The van der Waals surface area contributed by atoms with Gasteiger partial charge in [0.05, 0.1) is 18.0 Å². The molecule has 6 nitrogen and oxygen atoms in total. The van der Waals surface area contributed by atoms with E-state index in [1.54, 1.807) is 0 Å². The van der Waals surface area contributed by atoms with Crippen LogP contribution in [0.2, 0.25) is 0 Å². The second-order valence-corrected chi connectivity index (χ2v) is 10.9. The minimum absolute atomic E-state index is 0.0766. The molecular formula is C26H36N2O4S. The molecule has 1 amide bonds. The molecule has 0 aliphatic carbocycles. The molecule has 2 aromatic rings. The van der Waals surface area contributed by atoms with Crippen LogP contribution >= 0.6 is 0 Å². The number of para-hydroxylation sites is 1. The largest absolute Gasteiger partial charge is 0.487 e. The van der Waals surface area contributed by atoms with Gasteiger partial charge in [0.15, 0.2) is 0 Å². The summed E-state index contributed by atoms with van der Waals surface area (Å²) < 4.78 is 32.7. The van der Waals surface area contributed by atoms with E-state index >= 15 is 0 Å². The third-order valence-corrected chi connectivity index (χ3v) is 8.01. The van der Waals surface area contributed by atoms with Gasteiger partial charge in [-0.05, 0) is 56.4 Å². The summed E-state index contributed by atoms with van der Waals surface area (Å²) in [5.41, 5.74) is 3.35. The molecule has 1 aliphatic heterocycles. The maximum atomic E-state index is 12.9. The van der Waals surface area contributed by atoms with Crippen LogP contribution in [0.3, 0.4) is 0 Å². The Hall–Kier alpha value is -2.54. The highest BCUT2D eigenvalue weighted by molar-refractivity contribution is 7.92. The lowest BCUT2D eigenvalue weighted by Gasteiger charge is -2.41. The van der Waals surface area contributed by atoms with Gasteiger partial charge >= 0.3 is 0 Å². The van der Waals surface area contributed by atoms with Crippen molar-refractivity contribution in [1.29, 1.82) is 0 Å². The van der Waals surface area contributed by atoms with Crippen LogP contribution in [0, 0.1) is 13.8 Å². The molecule has 0 spiro atoms. The molecule has 0 radical (unpaired) electrons. The number of sulfonamides is 1. The first-order chi connectivity index (χ1) is 15.6. The monoisotopic (exact) mass is 472 g/mol. The molecule has 180 valence electrons. The van der Waals surface area contributed by atoms with Crippen LogP contribution in [0.4, 0.5) is 5.69 Å². The first-order valence-corrected chi connectivity index (χ1v) is 13.6. The highest BCUT2D eigenvalue weighted by Crippen LogP contribution is 2.42. The number of fused-ring (bicyclic) bond motifs is 1. The fourth-order valence-corrected chi connectivity index (χ4v) is 5.57. The summed E-state index contributed by atoms with van der Waals surface area (Å²) in [6.45, 7) is 8.37. The Morgan fingerprint density at radius 1 is 1.12 bits per heavy atom. The molecule has 1 unspecified atom stereocenters. The molecule has 0 aromatic heterocycles. The fraction of sp³-hybridized carbons (Fsp3) is 0.500. The third-order valence-electron chi connectivity index (χ3n) is 6.83. The first kappa shape index (κ1) is 25.1. The fourth-order valence-electron chi connectivity index (χ4n) is 4.55. The zero-order valence-corrected chi connectivity index (χ0v) is 21.2. The Bertz CT molecular complexity index is 1090. The van der Waals surface area contributed by atoms with Gasteiger partial charge < -0.3 is 10.1 Å². The van der Waals surface area contributed by atoms with Crippen LogP contribution in [-0.4, -0.2) is 32.7 Å². The van der Waals surface area contributed by atoms with Gasteiger partial charge in [0, 0.05) is 24.9 Å². The zero-order valence-electron chi connectivity index (χ0n) is 20.3. The minimum atomic E-state index is -3.46. The molecule has 2 aromatic carbocycles. The highest BCUT2D eigenvalue weighted by atomic mass is 32.2. The van der Waals surface area contributed by atoms with Crippen molar-refractivity contribution in [2.45, 2.75) is 71.4 Å². The Morgan fingerprint density at radius 2 is 1.82 bits per heavy atom. The molecule has 33 heavy (non-hydrogen) atoms. The van der Waals surface area contributed by atoms with Gasteiger partial charge in [-0.25, -0.2) is 8.42 Å². The second-order valence-electron chi connectivity index (χ2n) is 9.01. The van der Waals surface area contributed by atoms with Crippen molar-refractivity contribution < 1.29 is 17.9 Å². The van der Waals surface area contributed by atoms with Gasteiger partial charge in [0.25, 0.3) is 0 Å². The minimum Gasteiger partial charge on any atom is -0.487 e. The van der Waals surface area contributed by atoms with Crippen molar-refractivity contribution in [1.82, 2.24) is 5.32 Å². The number of benzene rings is 2. The maximum Gasteiger partial charge on any atom is 0.232 e. The Labute approximate surface area is 198 Å². The molecule has 0 bridgehead atoms. The summed E-state index contributed by atoms with van der Waals surface area (Å²) in [6.07, 6.45) is 4.35. The molecule has 1 N–H and O–H groups in total. The molecule has 7 heteroatoms. The smallest absolute Gasteiger partial charge is 0.232 e. The highest BCUT2D eigenvalue weighted by Gasteiger charge is 2.38. The lowest BCUT2D eigenvalue weighted by molar-refractivity contribution is -0.122. The number of nitrogens with zero attached hydrogens (tertiary/aromatic N) is 1. The molecule has 0 fully saturated rings. The maximum absolute atomic E-state index is 12.9. The Kier molecular flexibility index (Phi) is 7.73. The average molecular weight is 473 g/mol. The van der Waals surface area contributed by atoms with E-state index in [0.717, 1.165) is 41.7 Å². The van der Waals surface area contributed by atoms with Crippen LogP contribution < -0.4 is 14.4 Å². The molecule has 0 saturated heterocycles. The van der Waals surface area contributed by atoms with E-state index in [0.29, 0.717) is 12.1 Å². The van der Waals surface area contributed by atoms with E-state index in [9.17, 15) is 13.2 Å². The van der Waals surface area contributed by atoms with Crippen LogP contribution in [0.5, 0.6) is 5.75 Å². The van der Waals surface area contributed by atoms with Crippen LogP contribution in [0.25, 0.3) is 0 Å². The summed E-state index contributed by atoms with van der Waals surface area (Å²) >= 11 is 0. The van der Waals surface area contributed by atoms with Crippen molar-refractivity contribution in [2.75, 3.05) is 17.1 Å². The van der Waals surface area contributed by atoms with E-state index in [2.05, 4.69) is 19.2 Å². The number of nitrogens with one attached hydrogen (secondary N) is 1.